The zero-order chi connectivity index (χ0) is 24.3. The molecule has 1 spiro atoms. The highest BCUT2D eigenvalue weighted by molar-refractivity contribution is 7.99. The first-order chi connectivity index (χ1) is 16.9. The summed E-state index contributed by atoms with van der Waals surface area (Å²) in [5.74, 6) is -1.57. The Morgan fingerprint density at radius 2 is 2.09 bits per heavy atom. The maximum Gasteiger partial charge on any atom is 0.269 e. The molecule has 0 saturated carbocycles. The number of nitro benzene ring substituents is 1. The number of benzene rings is 2. The third-order valence-corrected chi connectivity index (χ3v) is 8.32. The summed E-state index contributed by atoms with van der Waals surface area (Å²) in [7, 11) is 0. The van der Waals surface area contributed by atoms with Crippen LogP contribution in [-0.2, 0) is 10.3 Å². The van der Waals surface area contributed by atoms with Crippen LogP contribution in [0.5, 0.6) is 0 Å². The number of hydrogen-bond donors (Lipinski definition) is 1. The van der Waals surface area contributed by atoms with Crippen LogP contribution in [0.1, 0.15) is 27.4 Å². The van der Waals surface area contributed by atoms with E-state index in [9.17, 15) is 24.1 Å². The van der Waals surface area contributed by atoms with E-state index in [0.717, 1.165) is 0 Å². The minimum absolute atomic E-state index is 0.0875. The molecule has 2 fully saturated rings. The van der Waals surface area contributed by atoms with Gasteiger partial charge in [0, 0.05) is 64.9 Å². The number of pyridine rings is 1. The molecular formula is C25H19FN4O4S. The van der Waals surface area contributed by atoms with Crippen LogP contribution in [0, 0.1) is 21.8 Å². The zero-order valence-corrected chi connectivity index (χ0v) is 19.1. The summed E-state index contributed by atoms with van der Waals surface area (Å²) >= 11 is 1.62. The Kier molecular flexibility index (Phi) is 4.97. The fourth-order valence-electron chi connectivity index (χ4n) is 5.95. The first kappa shape index (κ1) is 21.9. The molecule has 0 unspecified atom stereocenters. The molecule has 3 aliphatic rings. The second-order valence-electron chi connectivity index (χ2n) is 8.91. The first-order valence-corrected chi connectivity index (χ1v) is 12.2. The van der Waals surface area contributed by atoms with Crippen LogP contribution in [0.2, 0.25) is 0 Å². The number of thioether (sulfide) groups is 1. The number of fused-ring (bicyclic) bond motifs is 4. The third-order valence-electron chi connectivity index (χ3n) is 7.28. The Labute approximate surface area is 203 Å². The normalized spacial score (nSPS) is 27.0. The lowest BCUT2D eigenvalue weighted by Gasteiger charge is -2.36. The van der Waals surface area contributed by atoms with Gasteiger partial charge in [-0.05, 0) is 35.9 Å². The summed E-state index contributed by atoms with van der Waals surface area (Å²) in [6.07, 6.45) is 3.01. The average molecular weight is 491 g/mol. The van der Waals surface area contributed by atoms with Gasteiger partial charge in [-0.1, -0.05) is 12.1 Å². The van der Waals surface area contributed by atoms with Gasteiger partial charge < -0.3 is 5.32 Å². The summed E-state index contributed by atoms with van der Waals surface area (Å²) < 4.78 is 14.5. The van der Waals surface area contributed by atoms with Crippen molar-refractivity contribution in [3.63, 3.8) is 0 Å². The van der Waals surface area contributed by atoms with Crippen LogP contribution in [0.25, 0.3) is 0 Å². The van der Waals surface area contributed by atoms with E-state index in [-0.39, 0.29) is 23.4 Å². The molecule has 0 aliphatic carbocycles. The highest BCUT2D eigenvalue weighted by Crippen LogP contribution is 2.61. The molecule has 1 amide bonds. The third kappa shape index (κ3) is 3.06. The van der Waals surface area contributed by atoms with Crippen molar-refractivity contribution in [1.29, 1.82) is 0 Å². The van der Waals surface area contributed by atoms with Gasteiger partial charge >= 0.3 is 0 Å². The number of nitrogens with zero attached hydrogens (tertiary/aromatic N) is 3. The SMILES string of the molecule is O=C(c1cccnc1)[C@@H]1[C@H](c2cccc([N+](=O)[O-])c2)[C@H]2CSCN2[C@]12C(=O)Nc1ccc(F)cc12. The summed E-state index contributed by atoms with van der Waals surface area (Å²) in [5, 5.41) is 14.4. The van der Waals surface area contributed by atoms with E-state index in [1.807, 2.05) is 4.90 Å². The van der Waals surface area contributed by atoms with Gasteiger partial charge in [0.2, 0.25) is 5.91 Å². The Morgan fingerprint density at radius 1 is 1.23 bits per heavy atom. The van der Waals surface area contributed by atoms with Gasteiger partial charge in [0.15, 0.2) is 5.78 Å². The number of aromatic nitrogens is 1. The highest BCUT2D eigenvalue weighted by Gasteiger charge is 2.69. The molecule has 4 heterocycles. The molecule has 3 aliphatic heterocycles. The van der Waals surface area contributed by atoms with E-state index in [1.54, 1.807) is 42.2 Å². The summed E-state index contributed by atoms with van der Waals surface area (Å²) in [4.78, 5) is 45.2. The maximum absolute atomic E-state index is 14.5. The molecule has 2 saturated heterocycles. The minimum atomic E-state index is -1.45. The number of hydrogen-bond acceptors (Lipinski definition) is 7. The first-order valence-electron chi connectivity index (χ1n) is 11.1. The molecule has 0 radical (unpaired) electrons. The number of Topliss-reactive ketones (excluding diaryl/α,β-unsaturated/α-hetero) is 1. The lowest BCUT2D eigenvalue weighted by Crippen LogP contribution is -2.52. The molecule has 10 heteroatoms. The number of non-ortho nitro benzene ring substituents is 1. The topological polar surface area (TPSA) is 105 Å². The number of carbonyl (C=O) groups is 2. The molecule has 4 atom stereocenters. The van der Waals surface area contributed by atoms with Crippen molar-refractivity contribution < 1.29 is 18.9 Å². The molecule has 176 valence electrons. The lowest BCUT2D eigenvalue weighted by molar-refractivity contribution is -0.384. The number of amides is 1. The largest absolute Gasteiger partial charge is 0.324 e. The van der Waals surface area contributed by atoms with Crippen molar-refractivity contribution in [3.8, 4) is 0 Å². The second-order valence-corrected chi connectivity index (χ2v) is 9.91. The summed E-state index contributed by atoms with van der Waals surface area (Å²) in [5.41, 5.74) is 0.289. The van der Waals surface area contributed by atoms with Gasteiger partial charge in [0.05, 0.1) is 10.8 Å². The molecule has 0 bridgehead atoms. The number of carbonyl (C=O) groups excluding carboxylic acids is 2. The highest BCUT2D eigenvalue weighted by atomic mass is 32.2. The molecule has 8 nitrogen and oxygen atoms in total. The van der Waals surface area contributed by atoms with Crippen LogP contribution >= 0.6 is 11.8 Å². The molecule has 3 aromatic rings. The molecule has 35 heavy (non-hydrogen) atoms. The number of nitrogens with one attached hydrogen (secondary N) is 1. The Hall–Kier alpha value is -3.63. The van der Waals surface area contributed by atoms with E-state index in [2.05, 4.69) is 10.3 Å². The van der Waals surface area contributed by atoms with Crippen LogP contribution in [0.3, 0.4) is 0 Å². The predicted molar refractivity (Wildman–Crippen MR) is 128 cm³/mol. The second kappa shape index (κ2) is 7.96. The predicted octanol–water partition coefficient (Wildman–Crippen LogP) is 3.95. The van der Waals surface area contributed by atoms with E-state index < -0.39 is 28.1 Å². The quantitative estimate of drug-likeness (QED) is 0.335. The van der Waals surface area contributed by atoms with E-state index in [1.165, 1.54) is 36.5 Å². The summed E-state index contributed by atoms with van der Waals surface area (Å²) in [6, 6.07) is 13.4. The van der Waals surface area contributed by atoms with E-state index in [4.69, 9.17) is 0 Å². The standard InChI is InChI=1S/C25H19FN4O4S/c26-16-6-7-19-18(10-16)25(24(32)28-19)22(23(31)15-4-2-8-27-11-15)21(20-12-35-13-29(20)25)14-3-1-5-17(9-14)30(33)34/h1-11,20-22H,12-13H2,(H,28,32)/t20-,21-,22+,25+/m1/s1. The Balaban J connectivity index is 1.63. The number of rotatable bonds is 4. The van der Waals surface area contributed by atoms with Crippen molar-refractivity contribution in [2.45, 2.75) is 17.5 Å². The Bertz CT molecular complexity index is 1390. The number of nitro groups is 1. The van der Waals surface area contributed by atoms with E-state index >= 15 is 0 Å². The smallest absolute Gasteiger partial charge is 0.269 e. The van der Waals surface area contributed by atoms with Crippen molar-refractivity contribution in [1.82, 2.24) is 9.88 Å². The fourth-order valence-corrected chi connectivity index (χ4v) is 7.28. The van der Waals surface area contributed by atoms with Gasteiger partial charge in [-0.15, -0.1) is 11.8 Å². The van der Waals surface area contributed by atoms with Gasteiger partial charge in [0.25, 0.3) is 5.69 Å². The van der Waals surface area contributed by atoms with Crippen LogP contribution in [-0.4, -0.2) is 44.2 Å². The molecule has 2 aromatic carbocycles. The van der Waals surface area contributed by atoms with Gasteiger partial charge in [-0.25, -0.2) is 4.39 Å². The van der Waals surface area contributed by atoms with Gasteiger partial charge in [-0.3, -0.25) is 29.6 Å². The van der Waals surface area contributed by atoms with Crippen LogP contribution < -0.4 is 5.32 Å². The molecule has 1 N–H and O–H groups in total. The van der Waals surface area contributed by atoms with Gasteiger partial charge in [-0.2, -0.15) is 0 Å². The van der Waals surface area contributed by atoms with Crippen molar-refractivity contribution in [2.24, 2.45) is 5.92 Å². The van der Waals surface area contributed by atoms with Crippen molar-refractivity contribution in [2.75, 3.05) is 16.9 Å². The molecular weight excluding hydrogens is 471 g/mol. The molecule has 1 aromatic heterocycles. The van der Waals surface area contributed by atoms with Crippen LogP contribution in [0.15, 0.2) is 67.0 Å². The van der Waals surface area contributed by atoms with E-state index in [0.29, 0.717) is 34.0 Å². The van der Waals surface area contributed by atoms with Gasteiger partial charge in [0.1, 0.15) is 11.4 Å². The van der Waals surface area contributed by atoms with Crippen LogP contribution in [0.4, 0.5) is 15.8 Å². The zero-order valence-electron chi connectivity index (χ0n) is 18.3. The van der Waals surface area contributed by atoms with Crippen molar-refractivity contribution >= 4 is 34.8 Å². The fraction of sp³-hybridized carbons (Fsp3) is 0.240. The Morgan fingerprint density at radius 3 is 2.86 bits per heavy atom. The molecule has 6 rings (SSSR count). The minimum Gasteiger partial charge on any atom is -0.324 e. The maximum atomic E-state index is 14.5. The monoisotopic (exact) mass is 490 g/mol. The summed E-state index contributed by atoms with van der Waals surface area (Å²) in [6.45, 7) is 0. The lowest BCUT2D eigenvalue weighted by atomic mass is 9.69. The van der Waals surface area contributed by atoms with Crippen molar-refractivity contribution in [3.05, 3.63) is 99.6 Å². The number of anilines is 1. The number of halogens is 1. The average Bonchev–Trinajstić information content (AvgIpc) is 3.52. The number of ketones is 1.